The van der Waals surface area contributed by atoms with Crippen LogP contribution in [0.4, 0.5) is 5.82 Å². The molecule has 0 saturated carbocycles. The van der Waals surface area contributed by atoms with Gasteiger partial charge in [0.1, 0.15) is 40.8 Å². The van der Waals surface area contributed by atoms with Crippen LogP contribution in [0.3, 0.4) is 0 Å². The molecule has 1 saturated heterocycles. The number of aliphatic hydroxyl groups is 3. The summed E-state index contributed by atoms with van der Waals surface area (Å²) >= 11 is 3.16. The molecule has 0 amide bonds. The standard InChI is InChI=1S/C12H12BrN5O4/c13-9-5(1-14)7-10(15)16-4-18(11(7)17-9)12(21)3-22-6(2-19)8(12)20/h4,6,8,19-21H,2-3,15H2/t6-,8?,12-/m0/s1. The predicted octanol–water partition coefficient (Wildman–Crippen LogP) is -1.00. The van der Waals surface area contributed by atoms with Gasteiger partial charge in [0.25, 0.3) is 0 Å². The van der Waals surface area contributed by atoms with Gasteiger partial charge >= 0.3 is 0 Å². The molecule has 0 spiro atoms. The SMILES string of the molecule is N#Cc1c(Br)nc2n([C@]3(O)CO[C@@H](CO)C3O)cnc(N)c1-2. The highest BCUT2D eigenvalue weighted by Crippen LogP contribution is 2.39. The van der Waals surface area contributed by atoms with E-state index in [4.69, 9.17) is 15.6 Å². The molecule has 5 N–H and O–H groups in total. The molecule has 3 aliphatic heterocycles. The maximum Gasteiger partial charge on any atom is 0.197 e. The van der Waals surface area contributed by atoms with Gasteiger partial charge in [0.2, 0.25) is 0 Å². The first-order chi connectivity index (χ1) is 10.4. The molecule has 116 valence electrons. The van der Waals surface area contributed by atoms with E-state index in [2.05, 4.69) is 25.9 Å². The lowest BCUT2D eigenvalue weighted by Crippen LogP contribution is -2.47. The Hall–Kier alpha value is -1.77. The zero-order chi connectivity index (χ0) is 16.1. The number of hydrogen-bond acceptors (Lipinski definition) is 8. The second kappa shape index (κ2) is 5.15. The quantitative estimate of drug-likeness (QED) is 0.525. The molecule has 3 heterocycles. The van der Waals surface area contributed by atoms with Crippen LogP contribution in [-0.4, -0.2) is 55.3 Å². The smallest absolute Gasteiger partial charge is 0.197 e. The van der Waals surface area contributed by atoms with E-state index in [0.29, 0.717) is 0 Å². The molecule has 0 bridgehead atoms. The molecule has 1 fully saturated rings. The van der Waals surface area contributed by atoms with Crippen LogP contribution >= 0.6 is 15.9 Å². The van der Waals surface area contributed by atoms with Gasteiger partial charge in [0.15, 0.2) is 5.72 Å². The molecular weight excluding hydrogens is 358 g/mol. The molecule has 3 rings (SSSR count). The minimum Gasteiger partial charge on any atom is -0.394 e. The number of aliphatic hydroxyl groups excluding tert-OH is 2. The molecule has 10 heteroatoms. The normalized spacial score (nSPS) is 28.1. The van der Waals surface area contributed by atoms with Crippen molar-refractivity contribution in [1.29, 1.82) is 5.26 Å². The number of nitrogens with two attached hydrogens (primary N) is 1. The molecule has 0 aliphatic carbocycles. The highest BCUT2D eigenvalue weighted by atomic mass is 79.9. The number of halogens is 1. The van der Waals surface area contributed by atoms with Crippen molar-refractivity contribution >= 4 is 21.7 Å². The van der Waals surface area contributed by atoms with E-state index in [1.165, 1.54) is 10.9 Å². The number of fused-ring (bicyclic) bond motifs is 1. The van der Waals surface area contributed by atoms with Crippen LogP contribution in [0.15, 0.2) is 10.9 Å². The molecule has 0 radical (unpaired) electrons. The van der Waals surface area contributed by atoms with E-state index in [0.717, 1.165) is 0 Å². The average Bonchev–Trinajstić information content (AvgIpc) is 2.98. The van der Waals surface area contributed by atoms with Gasteiger partial charge in [-0.3, -0.25) is 4.57 Å². The second-order valence-corrected chi connectivity index (χ2v) is 5.69. The highest BCUT2D eigenvalue weighted by molar-refractivity contribution is 9.10. The van der Waals surface area contributed by atoms with Crippen molar-refractivity contribution < 1.29 is 20.1 Å². The summed E-state index contributed by atoms with van der Waals surface area (Å²) in [5, 5.41) is 39.3. The van der Waals surface area contributed by atoms with Crippen LogP contribution in [0.25, 0.3) is 11.4 Å². The summed E-state index contributed by atoms with van der Waals surface area (Å²) in [5.74, 6) is 0.261. The summed E-state index contributed by atoms with van der Waals surface area (Å²) < 4.78 is 6.65. The summed E-state index contributed by atoms with van der Waals surface area (Å²) in [6.45, 7) is -0.714. The van der Waals surface area contributed by atoms with Crippen LogP contribution in [-0.2, 0) is 10.5 Å². The first-order valence-corrected chi connectivity index (χ1v) is 7.08. The summed E-state index contributed by atoms with van der Waals surface area (Å²) in [6, 6.07) is 1.96. The number of anilines is 1. The number of aromatic nitrogens is 3. The fourth-order valence-corrected chi connectivity index (χ4v) is 2.98. The van der Waals surface area contributed by atoms with Gasteiger partial charge in [-0.1, -0.05) is 0 Å². The minimum absolute atomic E-state index is 0.0803. The fourth-order valence-electron chi connectivity index (χ4n) is 2.53. The molecule has 0 aromatic heterocycles. The van der Waals surface area contributed by atoms with Crippen molar-refractivity contribution in [2.45, 2.75) is 17.9 Å². The van der Waals surface area contributed by atoms with Gasteiger partial charge in [0.05, 0.1) is 24.3 Å². The summed E-state index contributed by atoms with van der Waals surface area (Å²) in [5.41, 5.74) is 4.37. The minimum atomic E-state index is -1.88. The molecule has 0 aromatic carbocycles. The van der Waals surface area contributed by atoms with Gasteiger partial charge in [-0.15, -0.1) is 0 Å². The Morgan fingerprint density at radius 1 is 1.64 bits per heavy atom. The van der Waals surface area contributed by atoms with Crippen LogP contribution in [0.2, 0.25) is 0 Å². The molecular formula is C12H12BrN5O4. The van der Waals surface area contributed by atoms with Crippen LogP contribution in [0.5, 0.6) is 0 Å². The van der Waals surface area contributed by atoms with E-state index in [9.17, 15) is 15.5 Å². The van der Waals surface area contributed by atoms with E-state index in [1.807, 2.05) is 6.07 Å². The maximum atomic E-state index is 10.8. The van der Waals surface area contributed by atoms with Gasteiger partial charge in [-0.25, -0.2) is 9.97 Å². The Balaban J connectivity index is 2.20. The largest absolute Gasteiger partial charge is 0.394 e. The van der Waals surface area contributed by atoms with Crippen molar-refractivity contribution in [3.8, 4) is 17.5 Å². The zero-order valence-electron chi connectivity index (χ0n) is 11.1. The lowest BCUT2D eigenvalue weighted by molar-refractivity contribution is -0.112. The van der Waals surface area contributed by atoms with Crippen molar-refractivity contribution in [2.75, 3.05) is 18.9 Å². The van der Waals surface area contributed by atoms with Crippen molar-refractivity contribution in [2.24, 2.45) is 0 Å². The third-order valence-corrected chi connectivity index (χ3v) is 4.30. The summed E-state index contributed by atoms with van der Waals surface area (Å²) in [6.07, 6.45) is -1.11. The Bertz CT molecular complexity index is 744. The molecule has 3 aliphatic rings. The predicted molar refractivity (Wildman–Crippen MR) is 76.5 cm³/mol. The molecule has 9 nitrogen and oxygen atoms in total. The zero-order valence-corrected chi connectivity index (χ0v) is 12.7. The van der Waals surface area contributed by atoms with E-state index < -0.39 is 24.5 Å². The number of ether oxygens (including phenoxy) is 1. The molecule has 0 aromatic rings. The van der Waals surface area contributed by atoms with Crippen LogP contribution < -0.4 is 5.73 Å². The van der Waals surface area contributed by atoms with Gasteiger partial charge in [-0.05, 0) is 15.9 Å². The van der Waals surface area contributed by atoms with E-state index in [-0.39, 0.29) is 34.0 Å². The van der Waals surface area contributed by atoms with Gasteiger partial charge in [-0.2, -0.15) is 5.26 Å². The second-order valence-electron chi connectivity index (χ2n) is 4.94. The third-order valence-electron chi connectivity index (χ3n) is 3.73. The molecule has 22 heavy (non-hydrogen) atoms. The average molecular weight is 370 g/mol. The van der Waals surface area contributed by atoms with Crippen LogP contribution in [0, 0.1) is 11.3 Å². The Kier molecular flexibility index (Phi) is 3.54. The van der Waals surface area contributed by atoms with Crippen molar-refractivity contribution in [1.82, 2.24) is 14.5 Å². The Morgan fingerprint density at radius 2 is 2.36 bits per heavy atom. The Morgan fingerprint density at radius 3 is 2.95 bits per heavy atom. The van der Waals surface area contributed by atoms with Gasteiger partial charge < -0.3 is 25.8 Å². The van der Waals surface area contributed by atoms with Crippen molar-refractivity contribution in [3.05, 3.63) is 16.5 Å². The molecule has 3 atom stereocenters. The first-order valence-electron chi connectivity index (χ1n) is 6.29. The number of nitrogens with zero attached hydrogens (tertiary/aromatic N) is 4. The number of rotatable bonds is 2. The lowest BCUT2D eigenvalue weighted by Gasteiger charge is -2.30. The van der Waals surface area contributed by atoms with Gasteiger partial charge in [0, 0.05) is 0 Å². The third kappa shape index (κ3) is 1.91. The number of nitrogen functional groups attached to an aromatic ring is 1. The molecule has 1 unspecified atom stereocenters. The monoisotopic (exact) mass is 369 g/mol. The van der Waals surface area contributed by atoms with E-state index >= 15 is 0 Å². The summed E-state index contributed by atoms with van der Waals surface area (Å²) in [7, 11) is 0. The maximum absolute atomic E-state index is 10.8. The van der Waals surface area contributed by atoms with E-state index in [1.54, 1.807) is 0 Å². The van der Waals surface area contributed by atoms with Crippen LogP contribution in [0.1, 0.15) is 5.56 Å². The highest BCUT2D eigenvalue weighted by Gasteiger charge is 2.50. The number of nitriles is 1. The number of hydrogen-bond donors (Lipinski definition) is 4. The van der Waals surface area contributed by atoms with Crippen molar-refractivity contribution in [3.63, 3.8) is 0 Å². The topological polar surface area (TPSA) is 150 Å². The first kappa shape index (κ1) is 15.1. The fraction of sp³-hybridized carbons (Fsp3) is 0.417. The summed E-state index contributed by atoms with van der Waals surface area (Å²) in [4.78, 5) is 8.11. The Labute approximate surface area is 133 Å². The lowest BCUT2D eigenvalue weighted by atomic mass is 10.0.